The molecule has 53 heavy (non-hydrogen) atoms. The number of hydrogen-bond donors (Lipinski definition) is 4. The van der Waals surface area contributed by atoms with Gasteiger partial charge in [-0.3, -0.25) is 19.2 Å². The van der Waals surface area contributed by atoms with Gasteiger partial charge in [-0.1, -0.05) is 60.7 Å². The molecule has 0 saturated heterocycles. The Balaban J connectivity index is 1.36. The largest absolute Gasteiger partial charge is 0.457 e. The molecule has 0 fully saturated rings. The number of ether oxygens (including phenoxy) is 1. The van der Waals surface area contributed by atoms with Crippen molar-refractivity contribution in [2.75, 3.05) is 10.6 Å². The minimum Gasteiger partial charge on any atom is -0.457 e. The molecule has 2 unspecified atom stereocenters. The summed E-state index contributed by atoms with van der Waals surface area (Å²) in [4.78, 5) is 48.6. The maximum atomic E-state index is 13.1. The van der Waals surface area contributed by atoms with Gasteiger partial charge in [-0.25, -0.2) is 0 Å². The van der Waals surface area contributed by atoms with Crippen LogP contribution in [0.1, 0.15) is 11.1 Å². The Morgan fingerprint density at radius 1 is 0.528 bits per heavy atom. The lowest BCUT2D eigenvalue weighted by Crippen LogP contribution is -2.39. The SMILES string of the molecule is O=C(Nc1ccc(Oc2ccc(NC(=O)C(Cc3ccccc3)NC=CC(=O)C(F)(F)F)cc2)cc1)C(Cc1ccccc1)NC=CC(=O)C(F)(F)F. The average Bonchev–Trinajstić information content (AvgIpc) is 3.12. The maximum absolute atomic E-state index is 13.1. The van der Waals surface area contributed by atoms with E-state index in [4.69, 9.17) is 4.74 Å². The molecule has 0 bridgehead atoms. The molecule has 0 aliphatic heterocycles. The third-order valence-corrected chi connectivity index (χ3v) is 7.30. The molecule has 0 aromatic heterocycles. The molecule has 0 radical (unpaired) electrons. The van der Waals surface area contributed by atoms with E-state index in [1.807, 2.05) is 0 Å². The second-order valence-corrected chi connectivity index (χ2v) is 11.3. The van der Waals surface area contributed by atoms with Gasteiger partial charge in [0.1, 0.15) is 23.6 Å². The summed E-state index contributed by atoms with van der Waals surface area (Å²) >= 11 is 0. The Morgan fingerprint density at radius 2 is 0.868 bits per heavy atom. The Kier molecular flexibility index (Phi) is 13.5. The molecule has 4 aromatic carbocycles. The Hall–Kier alpha value is -6.38. The summed E-state index contributed by atoms with van der Waals surface area (Å²) in [5, 5.41) is 10.5. The van der Waals surface area contributed by atoms with Gasteiger partial charge >= 0.3 is 12.4 Å². The number of amides is 2. The molecule has 2 atom stereocenters. The minimum absolute atomic E-state index is 0.110. The normalized spacial score (nSPS) is 12.9. The minimum atomic E-state index is -5.05. The first-order chi connectivity index (χ1) is 25.2. The highest BCUT2D eigenvalue weighted by atomic mass is 19.4. The topological polar surface area (TPSA) is 126 Å². The molecule has 0 aliphatic rings. The highest BCUT2D eigenvalue weighted by Gasteiger charge is 2.37. The van der Waals surface area contributed by atoms with Crippen LogP contribution in [0.5, 0.6) is 11.5 Å². The van der Waals surface area contributed by atoms with E-state index in [-0.39, 0.29) is 12.8 Å². The van der Waals surface area contributed by atoms with Crippen molar-refractivity contribution in [2.24, 2.45) is 0 Å². The summed E-state index contributed by atoms with van der Waals surface area (Å²) in [5.41, 5.74) is 2.16. The highest BCUT2D eigenvalue weighted by molar-refractivity contribution is 5.97. The quantitative estimate of drug-likeness (QED) is 0.0718. The lowest BCUT2D eigenvalue weighted by Gasteiger charge is -2.18. The van der Waals surface area contributed by atoms with Crippen molar-refractivity contribution < 1.29 is 50.3 Å². The number of rotatable bonds is 16. The van der Waals surface area contributed by atoms with Gasteiger partial charge in [-0.2, -0.15) is 26.3 Å². The summed E-state index contributed by atoms with van der Waals surface area (Å²) < 4.78 is 81.4. The van der Waals surface area contributed by atoms with Crippen LogP contribution in [0.4, 0.5) is 37.7 Å². The number of ketones is 2. The van der Waals surface area contributed by atoms with Crippen molar-refractivity contribution >= 4 is 34.8 Å². The van der Waals surface area contributed by atoms with E-state index in [1.165, 1.54) is 0 Å². The number of carbonyl (C=O) groups excluding carboxylic acids is 4. The molecule has 9 nitrogen and oxygen atoms in total. The van der Waals surface area contributed by atoms with Crippen LogP contribution in [0.2, 0.25) is 0 Å². The molecule has 2 amide bonds. The lowest BCUT2D eigenvalue weighted by atomic mass is 10.1. The predicted octanol–water partition coefficient (Wildman–Crippen LogP) is 7.05. The number of halogens is 6. The number of nitrogens with one attached hydrogen (secondary N) is 4. The molecule has 0 heterocycles. The molecular formula is C38H32F6N4O5. The number of carbonyl (C=O) groups is 4. The Labute approximate surface area is 299 Å². The molecule has 276 valence electrons. The summed E-state index contributed by atoms with van der Waals surface area (Å²) in [6, 6.07) is 27.9. The first-order valence-electron chi connectivity index (χ1n) is 15.8. The first kappa shape index (κ1) is 39.4. The first-order valence-corrected chi connectivity index (χ1v) is 15.8. The van der Waals surface area contributed by atoms with Crippen LogP contribution in [0.25, 0.3) is 0 Å². The Bertz CT molecular complexity index is 1760. The van der Waals surface area contributed by atoms with E-state index in [1.54, 1.807) is 109 Å². The van der Waals surface area contributed by atoms with Crippen molar-refractivity contribution in [1.29, 1.82) is 0 Å². The smallest absolute Gasteiger partial charge is 0.454 e. The maximum Gasteiger partial charge on any atom is 0.454 e. The summed E-state index contributed by atoms with van der Waals surface area (Å²) in [7, 11) is 0. The molecule has 0 saturated carbocycles. The monoisotopic (exact) mass is 738 g/mol. The van der Waals surface area contributed by atoms with Crippen LogP contribution in [0.15, 0.2) is 134 Å². The van der Waals surface area contributed by atoms with Gasteiger partial charge in [0.2, 0.25) is 11.8 Å². The molecule has 4 aromatic rings. The van der Waals surface area contributed by atoms with Crippen molar-refractivity contribution in [2.45, 2.75) is 37.3 Å². The summed E-state index contributed by atoms with van der Waals surface area (Å²) in [5.74, 6) is -4.54. The zero-order valence-electron chi connectivity index (χ0n) is 27.6. The van der Waals surface area contributed by atoms with Crippen LogP contribution >= 0.6 is 0 Å². The molecular weight excluding hydrogens is 706 g/mol. The van der Waals surface area contributed by atoms with Crippen LogP contribution < -0.4 is 26.0 Å². The lowest BCUT2D eigenvalue weighted by molar-refractivity contribution is -0.165. The van der Waals surface area contributed by atoms with Crippen molar-refractivity contribution in [3.05, 3.63) is 145 Å². The number of benzene rings is 4. The van der Waals surface area contributed by atoms with Gasteiger partial charge in [0.15, 0.2) is 0 Å². The fourth-order valence-electron chi connectivity index (χ4n) is 4.63. The zero-order chi connectivity index (χ0) is 38.4. The zero-order valence-corrected chi connectivity index (χ0v) is 27.6. The van der Waals surface area contributed by atoms with E-state index >= 15 is 0 Å². The van der Waals surface area contributed by atoms with Gasteiger partial charge in [0.25, 0.3) is 11.6 Å². The van der Waals surface area contributed by atoms with Crippen LogP contribution in [-0.2, 0) is 32.0 Å². The molecule has 4 N–H and O–H groups in total. The molecule has 4 rings (SSSR count). The van der Waals surface area contributed by atoms with Crippen molar-refractivity contribution in [1.82, 2.24) is 10.6 Å². The molecule has 15 heteroatoms. The average molecular weight is 739 g/mol. The molecule has 0 spiro atoms. The fraction of sp³-hybridized carbons (Fsp3) is 0.158. The van der Waals surface area contributed by atoms with Crippen molar-refractivity contribution in [3.8, 4) is 11.5 Å². The number of allylic oxidation sites excluding steroid dienone is 2. The predicted molar refractivity (Wildman–Crippen MR) is 185 cm³/mol. The van der Waals surface area contributed by atoms with Gasteiger partial charge in [0, 0.05) is 48.8 Å². The standard InChI is InChI=1S/C38H32F6N4O5/c39-37(40,41)33(49)19-21-45-31(23-25-7-3-1-4-8-25)35(51)47-27-11-15-29(16-12-27)53-30-17-13-28(14-18-30)48-36(52)32(24-26-9-5-2-6-10-26)46-22-20-34(50)38(42,43)44/h1-22,31-32,45-46H,23-24H2,(H,47,51)(H,48,52). The van der Waals surface area contributed by atoms with E-state index in [0.717, 1.165) is 23.5 Å². The third kappa shape index (κ3) is 13.0. The Morgan fingerprint density at radius 3 is 1.19 bits per heavy atom. The van der Waals surface area contributed by atoms with Crippen molar-refractivity contribution in [3.63, 3.8) is 0 Å². The fourth-order valence-corrected chi connectivity index (χ4v) is 4.63. The second-order valence-electron chi connectivity index (χ2n) is 11.3. The number of hydrogen-bond acceptors (Lipinski definition) is 7. The van der Waals surface area contributed by atoms with Gasteiger partial charge < -0.3 is 26.0 Å². The van der Waals surface area contributed by atoms with Gasteiger partial charge in [0.05, 0.1) is 0 Å². The summed E-state index contributed by atoms with van der Waals surface area (Å²) in [6.45, 7) is 0. The summed E-state index contributed by atoms with van der Waals surface area (Å²) in [6.07, 6.45) is -7.66. The number of anilines is 2. The van der Waals surface area contributed by atoms with E-state index < -0.39 is 47.8 Å². The van der Waals surface area contributed by atoms with Crippen LogP contribution in [0.3, 0.4) is 0 Å². The third-order valence-electron chi connectivity index (χ3n) is 7.30. The highest BCUT2D eigenvalue weighted by Crippen LogP contribution is 2.25. The molecule has 0 aliphatic carbocycles. The van der Waals surface area contributed by atoms with E-state index in [2.05, 4.69) is 21.3 Å². The van der Waals surface area contributed by atoms with Crippen LogP contribution in [0, 0.1) is 0 Å². The number of alkyl halides is 6. The van der Waals surface area contributed by atoms with Gasteiger partial charge in [-0.05, 0) is 59.7 Å². The van der Waals surface area contributed by atoms with E-state index in [0.29, 0.717) is 35.0 Å². The van der Waals surface area contributed by atoms with Gasteiger partial charge in [-0.15, -0.1) is 0 Å². The second kappa shape index (κ2) is 18.2. The van der Waals surface area contributed by atoms with E-state index in [9.17, 15) is 45.5 Å². The van der Waals surface area contributed by atoms with Crippen LogP contribution in [-0.4, -0.2) is 47.8 Å².